The largest absolute Gasteiger partial charge is 0.368 e. The molecule has 1 saturated heterocycles. The van der Waals surface area contributed by atoms with E-state index in [2.05, 4.69) is 47.8 Å². The molecule has 3 rings (SSSR count). The highest BCUT2D eigenvalue weighted by atomic mass is 16.1. The zero-order valence-electron chi connectivity index (χ0n) is 18.4. The van der Waals surface area contributed by atoms with Gasteiger partial charge in [0.15, 0.2) is 0 Å². The topological polar surface area (TPSA) is 48.5 Å². The summed E-state index contributed by atoms with van der Waals surface area (Å²) < 4.78 is 0. The van der Waals surface area contributed by atoms with E-state index in [1.165, 1.54) is 32.1 Å². The predicted molar refractivity (Wildman–Crippen MR) is 116 cm³/mol. The van der Waals surface area contributed by atoms with Crippen molar-refractivity contribution in [2.75, 3.05) is 38.1 Å². The number of piperazine rings is 1. The van der Waals surface area contributed by atoms with Crippen LogP contribution in [0.5, 0.6) is 0 Å². The van der Waals surface area contributed by atoms with Crippen LogP contribution < -0.4 is 10.2 Å². The summed E-state index contributed by atoms with van der Waals surface area (Å²) >= 11 is 0. The van der Waals surface area contributed by atoms with Gasteiger partial charge in [-0.25, -0.2) is 4.98 Å². The third kappa shape index (κ3) is 3.91. The van der Waals surface area contributed by atoms with Crippen LogP contribution in [0.15, 0.2) is 18.3 Å². The number of nitrogens with one attached hydrogen (secondary N) is 1. The van der Waals surface area contributed by atoms with Gasteiger partial charge in [0.2, 0.25) is 0 Å². The SMILES string of the molecule is CCC(C)(CC)C1(C)CCC(N2CCN(c3ccc(C(=O)NC)nc3)CC2)C1. The van der Waals surface area contributed by atoms with Gasteiger partial charge >= 0.3 is 0 Å². The second-order valence-electron chi connectivity index (χ2n) is 9.23. The van der Waals surface area contributed by atoms with Crippen LogP contribution in [0.3, 0.4) is 0 Å². The summed E-state index contributed by atoms with van der Waals surface area (Å²) in [4.78, 5) is 21.1. The van der Waals surface area contributed by atoms with E-state index < -0.39 is 0 Å². The number of pyridine rings is 1. The number of nitrogens with zero attached hydrogens (tertiary/aromatic N) is 3. The van der Waals surface area contributed by atoms with Crippen LogP contribution in [-0.4, -0.2) is 55.1 Å². The first-order valence-corrected chi connectivity index (χ1v) is 11.0. The Morgan fingerprint density at radius 1 is 1.25 bits per heavy atom. The van der Waals surface area contributed by atoms with E-state index in [0.29, 0.717) is 16.5 Å². The maximum Gasteiger partial charge on any atom is 0.269 e. The minimum Gasteiger partial charge on any atom is -0.368 e. The van der Waals surface area contributed by atoms with Gasteiger partial charge in [0.1, 0.15) is 5.69 Å². The summed E-state index contributed by atoms with van der Waals surface area (Å²) in [7, 11) is 1.63. The molecule has 0 radical (unpaired) electrons. The summed E-state index contributed by atoms with van der Waals surface area (Å²) in [6, 6.07) is 4.57. The number of rotatable bonds is 6. The molecule has 5 heteroatoms. The quantitative estimate of drug-likeness (QED) is 0.804. The number of hydrogen-bond acceptors (Lipinski definition) is 4. The first kappa shape index (κ1) is 21.1. The molecule has 0 bridgehead atoms. The van der Waals surface area contributed by atoms with Crippen molar-refractivity contribution < 1.29 is 4.79 Å². The Bertz CT molecular complexity index is 662. The van der Waals surface area contributed by atoms with E-state index in [-0.39, 0.29) is 5.91 Å². The van der Waals surface area contributed by atoms with Crippen molar-refractivity contribution in [3.63, 3.8) is 0 Å². The summed E-state index contributed by atoms with van der Waals surface area (Å²) in [6.45, 7) is 14.1. The zero-order chi connectivity index (χ0) is 20.4. The molecule has 28 heavy (non-hydrogen) atoms. The molecule has 1 aromatic rings. The van der Waals surface area contributed by atoms with E-state index in [1.54, 1.807) is 7.05 Å². The molecule has 2 fully saturated rings. The highest BCUT2D eigenvalue weighted by Crippen LogP contribution is 2.55. The summed E-state index contributed by atoms with van der Waals surface area (Å²) in [5.41, 5.74) is 2.53. The van der Waals surface area contributed by atoms with Gasteiger partial charge in [-0.05, 0) is 42.2 Å². The monoisotopic (exact) mass is 386 g/mol. The van der Waals surface area contributed by atoms with Gasteiger partial charge in [-0.2, -0.15) is 0 Å². The van der Waals surface area contributed by atoms with Crippen molar-refractivity contribution in [1.29, 1.82) is 0 Å². The molecule has 0 spiro atoms. The van der Waals surface area contributed by atoms with Crippen LogP contribution in [0.25, 0.3) is 0 Å². The average molecular weight is 387 g/mol. The standard InChI is InChI=1S/C23H38N4O/c1-6-22(3,7-2)23(4)11-10-18(16-23)26-12-14-27(15-13-26)19-8-9-20(25-17-19)21(28)24-5/h8-9,17-18H,6-7,10-16H2,1-5H3,(H,24,28). The number of amides is 1. The van der Waals surface area contributed by atoms with E-state index in [0.717, 1.165) is 37.9 Å². The summed E-state index contributed by atoms with van der Waals surface area (Å²) in [6.07, 6.45) is 8.43. The van der Waals surface area contributed by atoms with Crippen molar-refractivity contribution in [3.05, 3.63) is 24.0 Å². The Morgan fingerprint density at radius 2 is 1.93 bits per heavy atom. The van der Waals surface area contributed by atoms with Crippen LogP contribution in [0.4, 0.5) is 5.69 Å². The molecule has 2 heterocycles. The third-order valence-corrected chi connectivity index (χ3v) is 8.14. The van der Waals surface area contributed by atoms with Crippen molar-refractivity contribution >= 4 is 11.6 Å². The summed E-state index contributed by atoms with van der Waals surface area (Å²) in [5, 5.41) is 2.62. The molecule has 5 nitrogen and oxygen atoms in total. The lowest BCUT2D eigenvalue weighted by molar-refractivity contribution is 0.0535. The molecule has 2 aliphatic rings. The molecule has 1 N–H and O–H groups in total. The van der Waals surface area contributed by atoms with E-state index in [1.807, 2.05) is 18.3 Å². The van der Waals surface area contributed by atoms with Crippen LogP contribution in [-0.2, 0) is 0 Å². The normalized spacial score (nSPS) is 26.5. The summed E-state index contributed by atoms with van der Waals surface area (Å²) in [5.74, 6) is -0.133. The molecule has 1 aliphatic heterocycles. The Hall–Kier alpha value is -1.62. The second kappa shape index (κ2) is 8.40. The predicted octanol–water partition coefficient (Wildman–Crippen LogP) is 3.95. The van der Waals surface area contributed by atoms with Gasteiger partial charge in [0.25, 0.3) is 5.91 Å². The molecule has 156 valence electrons. The van der Waals surface area contributed by atoms with Crippen molar-refractivity contribution in [1.82, 2.24) is 15.2 Å². The fraction of sp³-hybridized carbons (Fsp3) is 0.739. The van der Waals surface area contributed by atoms with Crippen LogP contribution in [0, 0.1) is 10.8 Å². The highest BCUT2D eigenvalue weighted by molar-refractivity contribution is 5.92. The lowest BCUT2D eigenvalue weighted by Gasteiger charge is -2.45. The number of carbonyl (C=O) groups excluding carboxylic acids is 1. The van der Waals surface area contributed by atoms with Crippen LogP contribution >= 0.6 is 0 Å². The maximum absolute atomic E-state index is 11.7. The van der Waals surface area contributed by atoms with Gasteiger partial charge in [0, 0.05) is 39.3 Å². The fourth-order valence-corrected chi connectivity index (χ4v) is 5.35. The molecule has 1 aliphatic carbocycles. The van der Waals surface area contributed by atoms with Crippen molar-refractivity contribution in [2.24, 2.45) is 10.8 Å². The lowest BCUT2D eigenvalue weighted by Crippen LogP contribution is -2.50. The Kier molecular flexibility index (Phi) is 6.33. The van der Waals surface area contributed by atoms with Gasteiger partial charge in [-0.15, -0.1) is 0 Å². The molecule has 0 aromatic carbocycles. The number of aromatic nitrogens is 1. The van der Waals surface area contributed by atoms with E-state index in [9.17, 15) is 4.79 Å². The minimum absolute atomic E-state index is 0.133. The molecular weight excluding hydrogens is 348 g/mol. The van der Waals surface area contributed by atoms with Crippen molar-refractivity contribution in [2.45, 2.75) is 65.8 Å². The Labute approximate surface area is 170 Å². The molecule has 2 atom stereocenters. The first-order chi connectivity index (χ1) is 13.4. The van der Waals surface area contributed by atoms with Crippen LogP contribution in [0.1, 0.15) is 70.3 Å². The smallest absolute Gasteiger partial charge is 0.269 e. The molecule has 1 amide bonds. The van der Waals surface area contributed by atoms with Gasteiger partial charge in [0.05, 0.1) is 11.9 Å². The zero-order valence-corrected chi connectivity index (χ0v) is 18.4. The third-order valence-electron chi connectivity index (χ3n) is 8.14. The average Bonchev–Trinajstić information content (AvgIpc) is 3.16. The number of carbonyl (C=O) groups is 1. The number of anilines is 1. The molecule has 2 unspecified atom stereocenters. The minimum atomic E-state index is -0.133. The Balaban J connectivity index is 1.57. The lowest BCUT2D eigenvalue weighted by atomic mass is 9.61. The van der Waals surface area contributed by atoms with Crippen LogP contribution in [0.2, 0.25) is 0 Å². The molecule has 1 aromatic heterocycles. The Morgan fingerprint density at radius 3 is 2.46 bits per heavy atom. The van der Waals surface area contributed by atoms with Gasteiger partial charge in [-0.3, -0.25) is 9.69 Å². The van der Waals surface area contributed by atoms with Gasteiger partial charge < -0.3 is 10.2 Å². The first-order valence-electron chi connectivity index (χ1n) is 11.0. The fourth-order valence-electron chi connectivity index (χ4n) is 5.35. The van der Waals surface area contributed by atoms with Crippen molar-refractivity contribution in [3.8, 4) is 0 Å². The van der Waals surface area contributed by atoms with E-state index in [4.69, 9.17) is 0 Å². The molecular formula is C23H38N4O. The second-order valence-corrected chi connectivity index (χ2v) is 9.23. The maximum atomic E-state index is 11.7. The number of hydrogen-bond donors (Lipinski definition) is 1. The highest BCUT2D eigenvalue weighted by Gasteiger charge is 2.48. The van der Waals surface area contributed by atoms with Gasteiger partial charge in [-0.1, -0.05) is 40.5 Å². The molecule has 1 saturated carbocycles. The van der Waals surface area contributed by atoms with E-state index >= 15 is 0 Å².